The highest BCUT2D eigenvalue weighted by molar-refractivity contribution is 7.85. The van der Waals surface area contributed by atoms with Crippen molar-refractivity contribution in [3.63, 3.8) is 0 Å². The van der Waals surface area contributed by atoms with E-state index in [9.17, 15) is 13.5 Å². The third-order valence-corrected chi connectivity index (χ3v) is 5.47. The average Bonchev–Trinajstić information content (AvgIpc) is 2.53. The van der Waals surface area contributed by atoms with Crippen LogP contribution in [0.4, 0.5) is 0 Å². The van der Waals surface area contributed by atoms with Crippen molar-refractivity contribution in [1.82, 2.24) is 0 Å². The Morgan fingerprint density at radius 1 is 0.667 bits per heavy atom. The van der Waals surface area contributed by atoms with Crippen molar-refractivity contribution in [1.29, 1.82) is 0 Å². The molecule has 0 heterocycles. The zero-order valence-corrected chi connectivity index (χ0v) is 16.5. The number of rotatable bonds is 18. The molecule has 5 heteroatoms. The molecule has 0 fully saturated rings. The van der Waals surface area contributed by atoms with Crippen LogP contribution in [-0.4, -0.2) is 29.9 Å². The minimum atomic E-state index is -3.76. The summed E-state index contributed by atoms with van der Waals surface area (Å²) in [5.74, 6) is -0.0911. The van der Waals surface area contributed by atoms with Crippen molar-refractivity contribution < 1.29 is 18.1 Å². The molecular formula is C19H40O4S. The molecule has 4 nitrogen and oxygen atoms in total. The number of hydrogen-bond acceptors (Lipinski definition) is 3. The lowest BCUT2D eigenvalue weighted by Gasteiger charge is -2.06. The standard InChI is InChI=1S/C19H40O4S/c1-2-19(20)17-15-13-11-9-7-5-3-4-6-8-10-12-14-16-18-24(21,22)23/h19-20H,2-18H2,1H3,(H,21,22,23). The third-order valence-electron chi connectivity index (χ3n) is 4.66. The summed E-state index contributed by atoms with van der Waals surface area (Å²) in [7, 11) is -3.76. The van der Waals surface area contributed by atoms with Gasteiger partial charge in [-0.2, -0.15) is 8.42 Å². The first-order valence-corrected chi connectivity index (χ1v) is 11.7. The number of unbranched alkanes of at least 4 members (excludes halogenated alkanes) is 13. The molecule has 0 radical (unpaired) electrons. The van der Waals surface area contributed by atoms with Gasteiger partial charge in [-0.15, -0.1) is 0 Å². The fraction of sp³-hybridized carbons (Fsp3) is 1.00. The van der Waals surface area contributed by atoms with Gasteiger partial charge in [-0.1, -0.05) is 90.4 Å². The van der Waals surface area contributed by atoms with Crippen molar-refractivity contribution in [2.24, 2.45) is 0 Å². The van der Waals surface area contributed by atoms with Crippen LogP contribution in [-0.2, 0) is 10.1 Å². The van der Waals surface area contributed by atoms with Gasteiger partial charge >= 0.3 is 0 Å². The van der Waals surface area contributed by atoms with Crippen LogP contribution < -0.4 is 0 Å². The Kier molecular flexibility index (Phi) is 16.3. The first kappa shape index (κ1) is 23.9. The lowest BCUT2D eigenvalue weighted by atomic mass is 10.0. The van der Waals surface area contributed by atoms with Crippen LogP contribution in [0.2, 0.25) is 0 Å². The maximum atomic E-state index is 10.6. The second-order valence-electron chi connectivity index (χ2n) is 7.09. The molecule has 0 aromatic rings. The van der Waals surface area contributed by atoms with Crippen molar-refractivity contribution in [2.75, 3.05) is 5.75 Å². The summed E-state index contributed by atoms with van der Waals surface area (Å²) < 4.78 is 29.7. The van der Waals surface area contributed by atoms with Crippen LogP contribution in [0, 0.1) is 0 Å². The largest absolute Gasteiger partial charge is 0.393 e. The van der Waals surface area contributed by atoms with Gasteiger partial charge < -0.3 is 5.11 Å². The molecule has 0 aliphatic rings. The van der Waals surface area contributed by atoms with Crippen molar-refractivity contribution in [3.8, 4) is 0 Å². The summed E-state index contributed by atoms with van der Waals surface area (Å²) in [6.45, 7) is 2.04. The summed E-state index contributed by atoms with van der Waals surface area (Å²) in [4.78, 5) is 0. The van der Waals surface area contributed by atoms with E-state index in [0.717, 1.165) is 25.7 Å². The van der Waals surface area contributed by atoms with Crippen molar-refractivity contribution >= 4 is 10.1 Å². The highest BCUT2D eigenvalue weighted by Crippen LogP contribution is 2.14. The fourth-order valence-corrected chi connectivity index (χ4v) is 3.56. The maximum Gasteiger partial charge on any atom is 0.264 e. The maximum absolute atomic E-state index is 10.6. The van der Waals surface area contributed by atoms with E-state index in [2.05, 4.69) is 0 Å². The molecule has 0 saturated carbocycles. The SMILES string of the molecule is CCC(O)CCCCCCCCCCCCCCCCS(=O)(=O)O. The molecule has 0 aliphatic heterocycles. The topological polar surface area (TPSA) is 74.6 Å². The monoisotopic (exact) mass is 364 g/mol. The van der Waals surface area contributed by atoms with E-state index in [-0.39, 0.29) is 11.9 Å². The van der Waals surface area contributed by atoms with Gasteiger partial charge in [-0.3, -0.25) is 4.55 Å². The van der Waals surface area contributed by atoms with Gasteiger partial charge in [0.2, 0.25) is 0 Å². The van der Waals surface area contributed by atoms with Gasteiger partial charge in [0.25, 0.3) is 10.1 Å². The Morgan fingerprint density at radius 2 is 1.00 bits per heavy atom. The lowest BCUT2D eigenvalue weighted by Crippen LogP contribution is -2.03. The second-order valence-corrected chi connectivity index (χ2v) is 8.66. The molecule has 24 heavy (non-hydrogen) atoms. The minimum absolute atomic E-state index is 0.0901. The van der Waals surface area contributed by atoms with Gasteiger partial charge in [0, 0.05) is 0 Å². The second kappa shape index (κ2) is 16.3. The van der Waals surface area contributed by atoms with Crippen LogP contribution in [0.1, 0.15) is 110 Å². The van der Waals surface area contributed by atoms with Crippen LogP contribution in [0.15, 0.2) is 0 Å². The number of aliphatic hydroxyl groups is 1. The van der Waals surface area contributed by atoms with E-state index in [4.69, 9.17) is 4.55 Å². The number of hydrogen-bond donors (Lipinski definition) is 2. The first-order chi connectivity index (χ1) is 11.5. The Balaban J connectivity index is 3.08. The van der Waals surface area contributed by atoms with Crippen molar-refractivity contribution in [3.05, 3.63) is 0 Å². The zero-order valence-electron chi connectivity index (χ0n) is 15.7. The minimum Gasteiger partial charge on any atom is -0.393 e. The Hall–Kier alpha value is -0.130. The summed E-state index contributed by atoms with van der Waals surface area (Å²) in [5.41, 5.74) is 0. The predicted octanol–water partition coefficient (Wildman–Crippen LogP) is 5.50. The highest BCUT2D eigenvalue weighted by Gasteiger charge is 2.03. The molecule has 0 aromatic carbocycles. The van der Waals surface area contributed by atoms with E-state index in [1.54, 1.807) is 0 Å². The molecule has 0 amide bonds. The zero-order chi connectivity index (χ0) is 18.1. The van der Waals surface area contributed by atoms with Gasteiger partial charge in [-0.05, 0) is 19.3 Å². The molecule has 0 bridgehead atoms. The first-order valence-electron chi connectivity index (χ1n) is 10.1. The lowest BCUT2D eigenvalue weighted by molar-refractivity contribution is 0.156. The molecule has 0 spiro atoms. The quantitative estimate of drug-likeness (QED) is 0.249. The van der Waals surface area contributed by atoms with Crippen LogP contribution in [0.3, 0.4) is 0 Å². The fourth-order valence-electron chi connectivity index (χ4n) is 2.99. The smallest absolute Gasteiger partial charge is 0.264 e. The van der Waals surface area contributed by atoms with Crippen LogP contribution >= 0.6 is 0 Å². The normalized spacial score (nSPS) is 13.3. The average molecular weight is 365 g/mol. The molecule has 146 valence electrons. The van der Waals surface area contributed by atoms with E-state index in [1.807, 2.05) is 6.92 Å². The Bertz CT molecular complexity index is 354. The van der Waals surface area contributed by atoms with E-state index < -0.39 is 10.1 Å². The Morgan fingerprint density at radius 3 is 1.33 bits per heavy atom. The summed E-state index contributed by atoms with van der Waals surface area (Å²) in [6.07, 6.45) is 18.4. The molecule has 2 N–H and O–H groups in total. The third kappa shape index (κ3) is 19.9. The van der Waals surface area contributed by atoms with E-state index in [0.29, 0.717) is 6.42 Å². The van der Waals surface area contributed by atoms with Crippen molar-refractivity contribution in [2.45, 2.75) is 116 Å². The molecular weight excluding hydrogens is 324 g/mol. The highest BCUT2D eigenvalue weighted by atomic mass is 32.2. The molecule has 0 aromatic heterocycles. The Labute approximate surface area is 150 Å². The van der Waals surface area contributed by atoms with Gasteiger partial charge in [0.05, 0.1) is 11.9 Å². The van der Waals surface area contributed by atoms with E-state index >= 15 is 0 Å². The predicted molar refractivity (Wildman–Crippen MR) is 102 cm³/mol. The summed E-state index contributed by atoms with van der Waals surface area (Å²) >= 11 is 0. The van der Waals surface area contributed by atoms with Gasteiger partial charge in [0.15, 0.2) is 0 Å². The van der Waals surface area contributed by atoms with Crippen LogP contribution in [0.25, 0.3) is 0 Å². The molecule has 0 rings (SSSR count). The number of aliphatic hydroxyl groups excluding tert-OH is 1. The summed E-state index contributed by atoms with van der Waals surface area (Å²) in [6, 6.07) is 0. The molecule has 1 atom stereocenters. The van der Waals surface area contributed by atoms with E-state index in [1.165, 1.54) is 70.6 Å². The molecule has 0 aliphatic carbocycles. The van der Waals surface area contributed by atoms with Gasteiger partial charge in [0.1, 0.15) is 0 Å². The molecule has 1 unspecified atom stereocenters. The van der Waals surface area contributed by atoms with Crippen LogP contribution in [0.5, 0.6) is 0 Å². The van der Waals surface area contributed by atoms with Gasteiger partial charge in [-0.25, -0.2) is 0 Å². The molecule has 0 saturated heterocycles. The summed E-state index contributed by atoms with van der Waals surface area (Å²) in [5, 5.41) is 9.46.